The van der Waals surface area contributed by atoms with E-state index in [0.29, 0.717) is 27.8 Å². The van der Waals surface area contributed by atoms with Crippen LogP contribution in [0.4, 0.5) is 0 Å². The number of thioether (sulfide) groups is 1. The zero-order valence-corrected chi connectivity index (χ0v) is 16.2. The smallest absolute Gasteiger partial charge is 0.250 e. The first-order valence-electron chi connectivity index (χ1n) is 7.57. The predicted octanol–water partition coefficient (Wildman–Crippen LogP) is 3.61. The number of ether oxygens (including phenoxy) is 3. The summed E-state index contributed by atoms with van der Waals surface area (Å²) in [5.74, 6) is 1.55. The number of benzene rings is 2. The van der Waals surface area contributed by atoms with Crippen LogP contribution in [0.2, 0.25) is 5.02 Å². The summed E-state index contributed by atoms with van der Waals surface area (Å²) in [6.07, 6.45) is 1.51. The van der Waals surface area contributed by atoms with E-state index in [0.717, 1.165) is 4.90 Å². The highest BCUT2D eigenvalue weighted by Crippen LogP contribution is 2.37. The first kappa shape index (κ1) is 19.9. The first-order chi connectivity index (χ1) is 12.6. The molecule has 0 saturated heterocycles. The van der Waals surface area contributed by atoms with Crippen LogP contribution in [0.1, 0.15) is 5.56 Å². The molecule has 2 aromatic carbocycles. The molecule has 1 N–H and O–H groups in total. The van der Waals surface area contributed by atoms with Gasteiger partial charge in [-0.2, -0.15) is 5.10 Å². The van der Waals surface area contributed by atoms with E-state index in [1.165, 1.54) is 39.3 Å². The number of halogens is 1. The van der Waals surface area contributed by atoms with Gasteiger partial charge in [0.15, 0.2) is 11.5 Å². The van der Waals surface area contributed by atoms with E-state index in [2.05, 4.69) is 10.5 Å². The number of nitrogens with zero attached hydrogens (tertiary/aromatic N) is 1. The Balaban J connectivity index is 1.94. The molecular formula is C18H19ClN2O4S. The fraction of sp³-hybridized carbons (Fsp3) is 0.222. The average Bonchev–Trinajstić information content (AvgIpc) is 2.66. The standard InChI is InChI=1S/C18H19ClN2O4S/c1-23-15-8-12(9-16(24-2)18(15)25-3)10-20-21-17(22)11-26-14-6-4-13(19)5-7-14/h4-10H,11H2,1-3H3,(H,21,22)/b20-10+. The molecular weight excluding hydrogens is 376 g/mol. The van der Waals surface area contributed by atoms with Crippen LogP contribution in [0, 0.1) is 0 Å². The number of hydrogen-bond acceptors (Lipinski definition) is 6. The highest BCUT2D eigenvalue weighted by molar-refractivity contribution is 8.00. The molecule has 0 saturated carbocycles. The maximum Gasteiger partial charge on any atom is 0.250 e. The van der Waals surface area contributed by atoms with Crippen molar-refractivity contribution in [2.45, 2.75) is 4.90 Å². The molecule has 6 nitrogen and oxygen atoms in total. The number of hydrogen-bond donors (Lipinski definition) is 1. The van der Waals surface area contributed by atoms with Crippen molar-refractivity contribution < 1.29 is 19.0 Å². The highest BCUT2D eigenvalue weighted by atomic mass is 35.5. The maximum atomic E-state index is 11.9. The van der Waals surface area contributed by atoms with Gasteiger partial charge in [-0.25, -0.2) is 5.43 Å². The summed E-state index contributed by atoms with van der Waals surface area (Å²) < 4.78 is 15.8. The van der Waals surface area contributed by atoms with Crippen molar-refractivity contribution in [3.8, 4) is 17.2 Å². The maximum absolute atomic E-state index is 11.9. The van der Waals surface area contributed by atoms with Crippen LogP contribution in [0.15, 0.2) is 46.4 Å². The monoisotopic (exact) mass is 394 g/mol. The van der Waals surface area contributed by atoms with Crippen LogP contribution < -0.4 is 19.6 Å². The molecule has 0 fully saturated rings. The fourth-order valence-electron chi connectivity index (χ4n) is 2.07. The molecule has 8 heteroatoms. The lowest BCUT2D eigenvalue weighted by atomic mass is 10.2. The molecule has 0 aromatic heterocycles. The topological polar surface area (TPSA) is 69.2 Å². The van der Waals surface area contributed by atoms with Crippen molar-refractivity contribution in [3.05, 3.63) is 47.0 Å². The molecule has 1 amide bonds. The molecule has 0 heterocycles. The van der Waals surface area contributed by atoms with Gasteiger partial charge in [0.25, 0.3) is 0 Å². The quantitative estimate of drug-likeness (QED) is 0.421. The molecule has 0 atom stereocenters. The highest BCUT2D eigenvalue weighted by Gasteiger charge is 2.12. The third kappa shape index (κ3) is 5.57. The van der Waals surface area contributed by atoms with E-state index in [1.54, 1.807) is 24.3 Å². The van der Waals surface area contributed by atoms with Crippen LogP contribution in [0.25, 0.3) is 0 Å². The number of rotatable bonds is 8. The number of carbonyl (C=O) groups excluding carboxylic acids is 1. The minimum Gasteiger partial charge on any atom is -0.493 e. The largest absolute Gasteiger partial charge is 0.493 e. The van der Waals surface area contributed by atoms with E-state index in [-0.39, 0.29) is 11.7 Å². The molecule has 2 rings (SSSR count). The van der Waals surface area contributed by atoms with Crippen molar-refractivity contribution in [2.24, 2.45) is 5.10 Å². The van der Waals surface area contributed by atoms with Gasteiger partial charge in [0, 0.05) is 15.5 Å². The Bertz CT molecular complexity index is 756. The lowest BCUT2D eigenvalue weighted by molar-refractivity contribution is -0.118. The summed E-state index contributed by atoms with van der Waals surface area (Å²) in [4.78, 5) is 12.8. The molecule has 26 heavy (non-hydrogen) atoms. The second-order valence-electron chi connectivity index (χ2n) is 4.99. The first-order valence-corrected chi connectivity index (χ1v) is 8.94. The number of carbonyl (C=O) groups is 1. The van der Waals surface area contributed by atoms with Crippen LogP contribution in [0.5, 0.6) is 17.2 Å². The average molecular weight is 395 g/mol. The van der Waals surface area contributed by atoms with Gasteiger partial charge in [-0.1, -0.05) is 11.6 Å². The van der Waals surface area contributed by atoms with Gasteiger partial charge < -0.3 is 14.2 Å². The Kier molecular flexibility index (Phi) is 7.62. The molecule has 0 aliphatic rings. The summed E-state index contributed by atoms with van der Waals surface area (Å²) in [6.45, 7) is 0. The normalized spacial score (nSPS) is 10.6. The van der Waals surface area contributed by atoms with E-state index < -0.39 is 0 Å². The van der Waals surface area contributed by atoms with E-state index in [9.17, 15) is 4.79 Å². The van der Waals surface area contributed by atoms with Gasteiger partial charge in [-0.3, -0.25) is 4.79 Å². The van der Waals surface area contributed by atoms with Crippen molar-refractivity contribution >= 4 is 35.5 Å². The number of nitrogens with one attached hydrogen (secondary N) is 1. The third-order valence-electron chi connectivity index (χ3n) is 3.27. The predicted molar refractivity (Wildman–Crippen MR) is 104 cm³/mol. The second kappa shape index (κ2) is 9.94. The van der Waals surface area contributed by atoms with Gasteiger partial charge in [0.2, 0.25) is 11.7 Å². The minimum absolute atomic E-state index is 0.214. The van der Waals surface area contributed by atoms with Crippen molar-refractivity contribution in [3.63, 3.8) is 0 Å². The van der Waals surface area contributed by atoms with Gasteiger partial charge in [0.1, 0.15) is 0 Å². The molecule has 0 aliphatic carbocycles. The summed E-state index contributed by atoms with van der Waals surface area (Å²) >= 11 is 7.23. The van der Waals surface area contributed by atoms with E-state index >= 15 is 0 Å². The van der Waals surface area contributed by atoms with Crippen molar-refractivity contribution in [2.75, 3.05) is 27.1 Å². The number of methoxy groups -OCH3 is 3. The molecule has 0 aliphatic heterocycles. The zero-order valence-electron chi connectivity index (χ0n) is 14.6. The number of amides is 1. The minimum atomic E-state index is -0.214. The van der Waals surface area contributed by atoms with Crippen LogP contribution in [-0.2, 0) is 4.79 Å². The fourth-order valence-corrected chi connectivity index (χ4v) is 2.88. The van der Waals surface area contributed by atoms with Crippen molar-refractivity contribution in [1.82, 2.24) is 5.43 Å². The summed E-state index contributed by atoms with van der Waals surface area (Å²) in [6, 6.07) is 10.8. The Morgan fingerprint density at radius 1 is 1.12 bits per heavy atom. The van der Waals surface area contributed by atoms with Crippen LogP contribution in [0.3, 0.4) is 0 Å². The molecule has 0 spiro atoms. The summed E-state index contributed by atoms with van der Waals surface area (Å²) in [5.41, 5.74) is 3.19. The second-order valence-corrected chi connectivity index (χ2v) is 6.48. The van der Waals surface area contributed by atoms with E-state index in [4.69, 9.17) is 25.8 Å². The molecule has 0 bridgehead atoms. The summed E-state index contributed by atoms with van der Waals surface area (Å²) in [7, 11) is 4.61. The Labute approximate surface area is 161 Å². The lowest BCUT2D eigenvalue weighted by Gasteiger charge is -2.12. The molecule has 138 valence electrons. The van der Waals surface area contributed by atoms with E-state index in [1.807, 2.05) is 12.1 Å². The Morgan fingerprint density at radius 2 is 1.73 bits per heavy atom. The van der Waals surface area contributed by atoms with Crippen LogP contribution in [-0.4, -0.2) is 39.2 Å². The Hall–Kier alpha value is -2.38. The van der Waals surface area contributed by atoms with Crippen LogP contribution >= 0.6 is 23.4 Å². The van der Waals surface area contributed by atoms with Gasteiger partial charge in [-0.05, 0) is 36.4 Å². The lowest BCUT2D eigenvalue weighted by Crippen LogP contribution is -2.19. The SMILES string of the molecule is COc1cc(/C=N/NC(=O)CSc2ccc(Cl)cc2)cc(OC)c1OC. The molecule has 0 radical (unpaired) electrons. The van der Waals surface area contributed by atoms with Gasteiger partial charge in [0.05, 0.1) is 33.3 Å². The van der Waals surface area contributed by atoms with Gasteiger partial charge >= 0.3 is 0 Å². The third-order valence-corrected chi connectivity index (χ3v) is 4.54. The number of hydrazone groups is 1. The van der Waals surface area contributed by atoms with Gasteiger partial charge in [-0.15, -0.1) is 11.8 Å². The molecule has 0 unspecified atom stereocenters. The zero-order chi connectivity index (χ0) is 18.9. The van der Waals surface area contributed by atoms with Crippen molar-refractivity contribution in [1.29, 1.82) is 0 Å². The summed E-state index contributed by atoms with van der Waals surface area (Å²) in [5, 5.41) is 4.62. The Morgan fingerprint density at radius 3 is 2.27 bits per heavy atom. The molecule has 2 aromatic rings.